The number of nitrogens with one attached hydrogen (secondary N) is 1. The number of hydrogen-bond donors (Lipinski definition) is 2. The topological polar surface area (TPSA) is 92.5 Å². The molecule has 0 aromatic heterocycles. The molecule has 110 valence electrons. The predicted octanol–water partition coefficient (Wildman–Crippen LogP) is 0.698. The van der Waals surface area contributed by atoms with Crippen LogP contribution in [0.15, 0.2) is 18.2 Å². The van der Waals surface area contributed by atoms with Gasteiger partial charge in [0.25, 0.3) is 5.91 Å². The van der Waals surface area contributed by atoms with Crippen molar-refractivity contribution >= 4 is 17.7 Å². The number of amides is 3. The summed E-state index contributed by atoms with van der Waals surface area (Å²) in [4.78, 5) is 36.3. The minimum absolute atomic E-state index is 0.0531. The Hall–Kier alpha value is -2.37. The molecule has 2 aliphatic rings. The molecule has 1 aliphatic carbocycles. The maximum Gasteiger partial charge on any atom is 0.314 e. The van der Waals surface area contributed by atoms with E-state index in [4.69, 9.17) is 5.73 Å². The van der Waals surface area contributed by atoms with Crippen LogP contribution in [0, 0.1) is 0 Å². The number of carbonyl (C=O) groups excluding carboxylic acids is 3. The van der Waals surface area contributed by atoms with Crippen molar-refractivity contribution in [2.24, 2.45) is 5.73 Å². The highest BCUT2D eigenvalue weighted by molar-refractivity contribution is 6.01. The Labute approximate surface area is 122 Å². The van der Waals surface area contributed by atoms with E-state index in [1.807, 2.05) is 0 Å². The first-order chi connectivity index (χ1) is 10.0. The second-order valence-corrected chi connectivity index (χ2v) is 5.56. The number of ketones is 1. The van der Waals surface area contributed by atoms with Crippen LogP contribution < -0.4 is 11.1 Å². The quantitative estimate of drug-likeness (QED) is 0.838. The molecule has 0 atom stereocenters. The third kappa shape index (κ3) is 2.61. The van der Waals surface area contributed by atoms with E-state index in [9.17, 15) is 14.4 Å². The van der Waals surface area contributed by atoms with Crippen LogP contribution in [-0.4, -0.2) is 41.8 Å². The van der Waals surface area contributed by atoms with Gasteiger partial charge in [0.1, 0.15) is 0 Å². The Morgan fingerprint density at radius 3 is 2.71 bits per heavy atom. The summed E-state index contributed by atoms with van der Waals surface area (Å²) in [7, 11) is 0. The van der Waals surface area contributed by atoms with Crippen LogP contribution in [0.25, 0.3) is 0 Å². The van der Waals surface area contributed by atoms with Gasteiger partial charge in [0.15, 0.2) is 5.78 Å². The average molecular weight is 287 g/mol. The smallest absolute Gasteiger partial charge is 0.314 e. The van der Waals surface area contributed by atoms with Crippen LogP contribution in [0.4, 0.5) is 4.79 Å². The molecule has 21 heavy (non-hydrogen) atoms. The van der Waals surface area contributed by atoms with Gasteiger partial charge in [0.2, 0.25) is 0 Å². The number of urea groups is 1. The summed E-state index contributed by atoms with van der Waals surface area (Å²) < 4.78 is 0. The molecular weight excluding hydrogens is 270 g/mol. The molecule has 3 amide bonds. The van der Waals surface area contributed by atoms with E-state index in [0.717, 1.165) is 24.0 Å². The van der Waals surface area contributed by atoms with Gasteiger partial charge in [0.05, 0.1) is 6.04 Å². The number of likely N-dealkylation sites (tertiary alicyclic amines) is 1. The number of aryl methyl sites for hydroxylation is 1. The van der Waals surface area contributed by atoms with E-state index in [1.165, 1.54) is 4.90 Å². The lowest BCUT2D eigenvalue weighted by Gasteiger charge is -2.38. The molecule has 0 saturated carbocycles. The van der Waals surface area contributed by atoms with Crippen LogP contribution in [0.2, 0.25) is 0 Å². The lowest BCUT2D eigenvalue weighted by molar-refractivity contribution is 0.0860. The van der Waals surface area contributed by atoms with Crippen molar-refractivity contribution in [2.75, 3.05) is 13.1 Å². The molecule has 1 aliphatic heterocycles. The minimum atomic E-state index is -0.465. The van der Waals surface area contributed by atoms with Crippen molar-refractivity contribution in [1.29, 1.82) is 0 Å². The molecule has 3 N–H and O–H groups in total. The summed E-state index contributed by atoms with van der Waals surface area (Å²) in [5.74, 6) is -0.0238. The summed E-state index contributed by atoms with van der Waals surface area (Å²) >= 11 is 0. The monoisotopic (exact) mass is 287 g/mol. The van der Waals surface area contributed by atoms with Gasteiger partial charge < -0.3 is 16.0 Å². The number of primary amides is 1. The van der Waals surface area contributed by atoms with Gasteiger partial charge in [-0.2, -0.15) is 0 Å². The number of benzene rings is 1. The number of hydrogen-bond acceptors (Lipinski definition) is 3. The molecule has 0 bridgehead atoms. The van der Waals surface area contributed by atoms with Crippen molar-refractivity contribution < 1.29 is 14.4 Å². The second kappa shape index (κ2) is 5.20. The zero-order chi connectivity index (χ0) is 15.0. The highest BCUT2D eigenvalue weighted by Crippen LogP contribution is 2.22. The van der Waals surface area contributed by atoms with Gasteiger partial charge in [-0.15, -0.1) is 0 Å². The Balaban J connectivity index is 1.66. The lowest BCUT2D eigenvalue weighted by atomic mass is 9.89. The van der Waals surface area contributed by atoms with Gasteiger partial charge >= 0.3 is 6.03 Å². The Morgan fingerprint density at radius 1 is 1.24 bits per heavy atom. The average Bonchev–Trinajstić information content (AvgIpc) is 2.41. The Bertz CT molecular complexity index is 621. The van der Waals surface area contributed by atoms with Crippen LogP contribution in [0.1, 0.15) is 39.1 Å². The van der Waals surface area contributed by atoms with E-state index < -0.39 is 6.03 Å². The molecule has 3 rings (SSSR count). The van der Waals surface area contributed by atoms with Crippen molar-refractivity contribution in [2.45, 2.75) is 25.3 Å². The highest BCUT2D eigenvalue weighted by atomic mass is 16.2. The van der Waals surface area contributed by atoms with E-state index in [1.54, 1.807) is 18.2 Å². The number of nitrogens with zero attached hydrogens (tertiary/aromatic N) is 1. The molecule has 0 unspecified atom stereocenters. The zero-order valence-corrected chi connectivity index (χ0v) is 11.6. The molecule has 1 saturated heterocycles. The standard InChI is InChI=1S/C15H17N3O3/c16-15(21)18-7-11(8-18)17-14(20)10-4-5-12-9(6-10)2-1-3-13(12)19/h4-6,11H,1-3,7-8H2,(H2,16,21)(H,17,20). The first-order valence-corrected chi connectivity index (χ1v) is 7.06. The van der Waals surface area contributed by atoms with Crippen molar-refractivity contribution in [3.63, 3.8) is 0 Å². The number of carbonyl (C=O) groups is 3. The zero-order valence-electron chi connectivity index (χ0n) is 11.6. The fourth-order valence-electron chi connectivity index (χ4n) is 2.81. The summed E-state index contributed by atoms with van der Waals surface area (Å²) in [6.45, 7) is 0.898. The first-order valence-electron chi connectivity index (χ1n) is 7.06. The van der Waals surface area contributed by atoms with Gasteiger partial charge in [-0.1, -0.05) is 6.07 Å². The molecule has 6 heteroatoms. The summed E-state index contributed by atoms with van der Waals surface area (Å²) in [6.07, 6.45) is 2.26. The molecule has 0 spiro atoms. The van der Waals surface area contributed by atoms with Crippen LogP contribution in [0.3, 0.4) is 0 Å². The molecule has 1 aromatic carbocycles. The largest absolute Gasteiger partial charge is 0.351 e. The molecular formula is C15H17N3O3. The summed E-state index contributed by atoms with van der Waals surface area (Å²) in [6, 6.07) is 4.70. The summed E-state index contributed by atoms with van der Waals surface area (Å²) in [5, 5.41) is 2.86. The van der Waals surface area contributed by atoms with E-state index in [2.05, 4.69) is 5.32 Å². The van der Waals surface area contributed by atoms with E-state index >= 15 is 0 Å². The van der Waals surface area contributed by atoms with Gasteiger partial charge in [-0.25, -0.2) is 4.79 Å². The van der Waals surface area contributed by atoms with Crippen LogP contribution in [0.5, 0.6) is 0 Å². The highest BCUT2D eigenvalue weighted by Gasteiger charge is 2.30. The molecule has 1 aromatic rings. The second-order valence-electron chi connectivity index (χ2n) is 5.56. The molecule has 1 heterocycles. The van der Waals surface area contributed by atoms with Crippen LogP contribution in [-0.2, 0) is 6.42 Å². The fraction of sp³-hybridized carbons (Fsp3) is 0.400. The number of Topliss-reactive ketones (excluding diaryl/α,β-unsaturated/α-hetero) is 1. The van der Waals surface area contributed by atoms with Gasteiger partial charge in [-0.3, -0.25) is 9.59 Å². The fourth-order valence-corrected chi connectivity index (χ4v) is 2.81. The Morgan fingerprint density at radius 2 is 2.00 bits per heavy atom. The Kier molecular flexibility index (Phi) is 3.37. The molecule has 1 fully saturated rings. The van der Waals surface area contributed by atoms with Gasteiger partial charge in [0, 0.05) is 30.6 Å². The van der Waals surface area contributed by atoms with Crippen LogP contribution >= 0.6 is 0 Å². The van der Waals surface area contributed by atoms with E-state index in [0.29, 0.717) is 25.1 Å². The summed E-state index contributed by atoms with van der Waals surface area (Å²) in [5.41, 5.74) is 7.38. The lowest BCUT2D eigenvalue weighted by Crippen LogP contribution is -2.62. The van der Waals surface area contributed by atoms with Crippen molar-refractivity contribution in [3.05, 3.63) is 34.9 Å². The normalized spacial score (nSPS) is 17.9. The SMILES string of the molecule is NC(=O)N1CC(NC(=O)c2ccc3c(c2)CCCC3=O)C1. The maximum atomic E-state index is 12.2. The predicted molar refractivity (Wildman–Crippen MR) is 76.1 cm³/mol. The number of fused-ring (bicyclic) bond motifs is 1. The van der Waals surface area contributed by atoms with Crippen molar-refractivity contribution in [1.82, 2.24) is 10.2 Å². The maximum absolute atomic E-state index is 12.2. The molecule has 6 nitrogen and oxygen atoms in total. The number of nitrogens with two attached hydrogens (primary N) is 1. The van der Waals surface area contributed by atoms with Gasteiger partial charge in [-0.05, 0) is 30.5 Å². The third-order valence-corrected chi connectivity index (χ3v) is 4.05. The third-order valence-electron chi connectivity index (χ3n) is 4.05. The number of rotatable bonds is 2. The van der Waals surface area contributed by atoms with Crippen molar-refractivity contribution in [3.8, 4) is 0 Å². The first kappa shape index (κ1) is 13.6. The molecule has 0 radical (unpaired) electrons. The minimum Gasteiger partial charge on any atom is -0.351 e. The van der Waals surface area contributed by atoms with E-state index in [-0.39, 0.29) is 17.7 Å².